The maximum atomic E-state index is 12.6. The van der Waals surface area contributed by atoms with Gasteiger partial charge >= 0.3 is 0 Å². The van der Waals surface area contributed by atoms with Crippen LogP contribution in [0.2, 0.25) is 5.02 Å². The molecule has 0 aliphatic carbocycles. The quantitative estimate of drug-likeness (QED) is 0.644. The molecule has 0 spiro atoms. The highest BCUT2D eigenvalue weighted by molar-refractivity contribution is 6.31. The van der Waals surface area contributed by atoms with Crippen LogP contribution in [0.3, 0.4) is 0 Å². The zero-order valence-corrected chi connectivity index (χ0v) is 16.7. The monoisotopic (exact) mass is 396 g/mol. The molecule has 0 radical (unpaired) electrons. The predicted molar refractivity (Wildman–Crippen MR) is 110 cm³/mol. The third-order valence-corrected chi connectivity index (χ3v) is 4.27. The number of carbonyl (C=O) groups excluding carboxylic acids is 1. The van der Waals surface area contributed by atoms with Crippen LogP contribution in [-0.4, -0.2) is 23.0 Å². The Morgan fingerprint density at radius 2 is 1.93 bits per heavy atom. The molecule has 7 heteroatoms. The molecule has 1 heterocycles. The van der Waals surface area contributed by atoms with Gasteiger partial charge in [0.05, 0.1) is 12.8 Å². The van der Waals surface area contributed by atoms with Gasteiger partial charge in [0.25, 0.3) is 5.91 Å². The van der Waals surface area contributed by atoms with E-state index in [0.717, 1.165) is 11.1 Å². The van der Waals surface area contributed by atoms with E-state index in [2.05, 4.69) is 20.6 Å². The van der Waals surface area contributed by atoms with E-state index in [-0.39, 0.29) is 11.6 Å². The van der Waals surface area contributed by atoms with Crippen molar-refractivity contribution in [1.29, 1.82) is 0 Å². The summed E-state index contributed by atoms with van der Waals surface area (Å²) in [4.78, 5) is 21.2. The minimum absolute atomic E-state index is 0.270. The minimum atomic E-state index is -0.270. The van der Waals surface area contributed by atoms with Gasteiger partial charge in [-0.05, 0) is 37.6 Å². The van der Waals surface area contributed by atoms with Gasteiger partial charge < -0.3 is 15.4 Å². The zero-order chi connectivity index (χ0) is 20.1. The first-order valence-electron chi connectivity index (χ1n) is 8.74. The number of benzene rings is 2. The maximum absolute atomic E-state index is 12.6. The number of nitrogens with one attached hydrogen (secondary N) is 2. The Morgan fingerprint density at radius 1 is 1.11 bits per heavy atom. The largest absolute Gasteiger partial charge is 0.495 e. The molecule has 0 unspecified atom stereocenters. The van der Waals surface area contributed by atoms with Crippen LogP contribution in [0.5, 0.6) is 5.75 Å². The minimum Gasteiger partial charge on any atom is -0.495 e. The van der Waals surface area contributed by atoms with Crippen LogP contribution in [0.1, 0.15) is 27.4 Å². The Morgan fingerprint density at radius 3 is 2.68 bits per heavy atom. The lowest BCUT2D eigenvalue weighted by Gasteiger charge is -2.12. The van der Waals surface area contributed by atoms with Gasteiger partial charge in [-0.3, -0.25) is 4.79 Å². The van der Waals surface area contributed by atoms with Gasteiger partial charge in [-0.25, -0.2) is 9.97 Å². The van der Waals surface area contributed by atoms with Crippen LogP contribution in [0.4, 0.5) is 11.5 Å². The molecule has 144 valence electrons. The van der Waals surface area contributed by atoms with E-state index in [1.54, 1.807) is 38.3 Å². The second kappa shape index (κ2) is 8.71. The Hall–Kier alpha value is -3.12. The standard InChI is InChI=1S/C21H21ClN4O2/c1-13-5-4-6-15(9-13)12-23-21(27)18-11-20(25-14(2)24-18)26-17-10-16(22)7-8-19(17)28-3/h4-11H,12H2,1-3H3,(H,23,27)(H,24,25,26). The summed E-state index contributed by atoms with van der Waals surface area (Å²) in [5.41, 5.74) is 3.11. The first-order valence-corrected chi connectivity index (χ1v) is 9.12. The number of hydrogen-bond acceptors (Lipinski definition) is 5. The maximum Gasteiger partial charge on any atom is 0.270 e. The van der Waals surface area contributed by atoms with Crippen molar-refractivity contribution in [3.05, 3.63) is 76.2 Å². The lowest BCUT2D eigenvalue weighted by molar-refractivity contribution is 0.0945. The number of halogens is 1. The topological polar surface area (TPSA) is 76.1 Å². The highest BCUT2D eigenvalue weighted by Gasteiger charge is 2.12. The summed E-state index contributed by atoms with van der Waals surface area (Å²) >= 11 is 6.07. The van der Waals surface area contributed by atoms with Crippen molar-refractivity contribution in [1.82, 2.24) is 15.3 Å². The van der Waals surface area contributed by atoms with Crippen molar-refractivity contribution in [2.24, 2.45) is 0 Å². The van der Waals surface area contributed by atoms with Crippen molar-refractivity contribution in [3.8, 4) is 5.75 Å². The summed E-state index contributed by atoms with van der Waals surface area (Å²) in [6, 6.07) is 14.8. The molecule has 2 N–H and O–H groups in total. The zero-order valence-electron chi connectivity index (χ0n) is 15.9. The molecule has 0 fully saturated rings. The summed E-state index contributed by atoms with van der Waals surface area (Å²) in [5, 5.41) is 6.59. The first kappa shape index (κ1) is 19.6. The molecule has 0 aliphatic heterocycles. The number of nitrogens with zero attached hydrogens (tertiary/aromatic N) is 2. The van der Waals surface area contributed by atoms with E-state index in [1.165, 1.54) is 0 Å². The molecule has 6 nitrogen and oxygen atoms in total. The van der Waals surface area contributed by atoms with E-state index in [4.69, 9.17) is 16.3 Å². The van der Waals surface area contributed by atoms with Crippen LogP contribution in [0.15, 0.2) is 48.5 Å². The fourth-order valence-electron chi connectivity index (χ4n) is 2.76. The molecule has 2 aromatic carbocycles. The summed E-state index contributed by atoms with van der Waals surface area (Å²) < 4.78 is 5.33. The molecule has 0 atom stereocenters. The highest BCUT2D eigenvalue weighted by Crippen LogP contribution is 2.30. The molecule has 0 saturated heterocycles. The lowest BCUT2D eigenvalue weighted by Crippen LogP contribution is -2.24. The highest BCUT2D eigenvalue weighted by atomic mass is 35.5. The smallest absolute Gasteiger partial charge is 0.270 e. The molecule has 1 aromatic heterocycles. The van der Waals surface area contributed by atoms with Gasteiger partial charge in [0, 0.05) is 17.6 Å². The SMILES string of the molecule is COc1ccc(Cl)cc1Nc1cc(C(=O)NCc2cccc(C)c2)nc(C)n1. The third kappa shape index (κ3) is 4.98. The van der Waals surface area contributed by atoms with Gasteiger partial charge in [0.1, 0.15) is 23.1 Å². The van der Waals surface area contributed by atoms with Gasteiger partial charge in [-0.1, -0.05) is 41.4 Å². The molecule has 3 rings (SSSR count). The molecule has 1 amide bonds. The molecular weight excluding hydrogens is 376 g/mol. The number of methoxy groups -OCH3 is 1. The normalized spacial score (nSPS) is 10.4. The van der Waals surface area contributed by atoms with E-state index >= 15 is 0 Å². The van der Waals surface area contributed by atoms with E-state index in [0.29, 0.717) is 34.6 Å². The summed E-state index contributed by atoms with van der Waals surface area (Å²) in [7, 11) is 1.57. The van der Waals surface area contributed by atoms with E-state index in [1.807, 2.05) is 31.2 Å². The molecule has 0 saturated carbocycles. The summed E-state index contributed by atoms with van der Waals surface area (Å²) in [6.07, 6.45) is 0. The van der Waals surface area contributed by atoms with Crippen LogP contribution >= 0.6 is 11.6 Å². The Bertz CT molecular complexity index is 1010. The summed E-state index contributed by atoms with van der Waals surface area (Å²) in [5.74, 6) is 1.31. The van der Waals surface area contributed by atoms with Crippen LogP contribution in [0, 0.1) is 13.8 Å². The van der Waals surface area contributed by atoms with Crippen LogP contribution in [-0.2, 0) is 6.54 Å². The summed E-state index contributed by atoms with van der Waals surface area (Å²) in [6.45, 7) is 4.17. The van der Waals surface area contributed by atoms with E-state index < -0.39 is 0 Å². The average Bonchev–Trinajstić information content (AvgIpc) is 2.66. The van der Waals surface area contributed by atoms with Crippen LogP contribution < -0.4 is 15.4 Å². The van der Waals surface area contributed by atoms with Crippen LogP contribution in [0.25, 0.3) is 0 Å². The third-order valence-electron chi connectivity index (χ3n) is 4.03. The number of anilines is 2. The predicted octanol–water partition coefficient (Wildman–Crippen LogP) is 4.43. The Labute approximate surface area is 168 Å². The first-order chi connectivity index (χ1) is 13.4. The van der Waals surface area contributed by atoms with Crippen molar-refractivity contribution < 1.29 is 9.53 Å². The van der Waals surface area contributed by atoms with Crippen molar-refractivity contribution >= 4 is 29.0 Å². The lowest BCUT2D eigenvalue weighted by atomic mass is 10.1. The van der Waals surface area contributed by atoms with Gasteiger partial charge in [0.2, 0.25) is 0 Å². The molecular formula is C21H21ClN4O2. The number of ether oxygens (including phenoxy) is 1. The van der Waals surface area contributed by atoms with Gasteiger partial charge in [-0.2, -0.15) is 0 Å². The number of rotatable bonds is 6. The molecule has 3 aromatic rings. The molecule has 0 aliphatic rings. The molecule has 0 bridgehead atoms. The Kier molecular flexibility index (Phi) is 6.11. The number of hydrogen-bond donors (Lipinski definition) is 2. The van der Waals surface area contributed by atoms with E-state index in [9.17, 15) is 4.79 Å². The number of amides is 1. The fourth-order valence-corrected chi connectivity index (χ4v) is 2.93. The number of carbonyl (C=O) groups is 1. The Balaban J connectivity index is 1.77. The van der Waals surface area contributed by atoms with Crippen molar-refractivity contribution in [2.45, 2.75) is 20.4 Å². The van der Waals surface area contributed by atoms with Crippen molar-refractivity contribution in [2.75, 3.05) is 12.4 Å². The van der Waals surface area contributed by atoms with Gasteiger partial charge in [-0.15, -0.1) is 0 Å². The van der Waals surface area contributed by atoms with Crippen molar-refractivity contribution in [3.63, 3.8) is 0 Å². The molecule has 28 heavy (non-hydrogen) atoms. The second-order valence-corrected chi connectivity index (χ2v) is 6.76. The fraction of sp³-hybridized carbons (Fsp3) is 0.190. The number of aryl methyl sites for hydroxylation is 2. The second-order valence-electron chi connectivity index (χ2n) is 6.33. The average molecular weight is 397 g/mol. The number of aromatic nitrogens is 2. The van der Waals surface area contributed by atoms with Gasteiger partial charge in [0.15, 0.2) is 0 Å².